The van der Waals surface area contributed by atoms with Crippen LogP contribution in [0.15, 0.2) is 20.6 Å². The van der Waals surface area contributed by atoms with E-state index in [-0.39, 0.29) is 8.42 Å². The molecule has 0 bridgehead atoms. The monoisotopic (exact) mass is 302 g/mol. The molecule has 0 aliphatic rings. The van der Waals surface area contributed by atoms with Crippen LogP contribution in [0.4, 0.5) is 0 Å². The van der Waals surface area contributed by atoms with Crippen LogP contribution in [0.1, 0.15) is 20.8 Å². The van der Waals surface area contributed by atoms with Gasteiger partial charge in [-0.1, -0.05) is 0 Å². The molecule has 0 spiro atoms. The van der Waals surface area contributed by atoms with Crippen LogP contribution in [0, 0.1) is 0 Å². The van der Waals surface area contributed by atoms with Crippen LogP contribution < -0.4 is 0 Å². The fourth-order valence-corrected chi connectivity index (χ4v) is 5.15. The molecule has 0 saturated carbocycles. The number of sulfone groups is 1. The van der Waals surface area contributed by atoms with Gasteiger partial charge >= 0.3 is 0 Å². The molecule has 1 aromatic rings. The number of hydrogen-bond acceptors (Lipinski definition) is 5. The Hall–Kier alpha value is -0.110. The average molecular weight is 303 g/mol. The average Bonchev–Trinajstić information content (AvgIpc) is 2.47. The van der Waals surface area contributed by atoms with E-state index in [4.69, 9.17) is 10.7 Å². The van der Waals surface area contributed by atoms with Crippen molar-refractivity contribution >= 4 is 40.9 Å². The molecule has 0 unspecified atom stereocenters. The minimum atomic E-state index is -3.86. The molecule has 16 heavy (non-hydrogen) atoms. The summed E-state index contributed by atoms with van der Waals surface area (Å²) in [5.41, 5.74) is 0. The lowest BCUT2D eigenvalue weighted by Crippen LogP contribution is -2.27. The van der Waals surface area contributed by atoms with Crippen molar-refractivity contribution in [2.75, 3.05) is 0 Å². The van der Waals surface area contributed by atoms with Crippen LogP contribution in [0.3, 0.4) is 0 Å². The molecule has 0 aromatic carbocycles. The molecule has 4 nitrogen and oxygen atoms in total. The van der Waals surface area contributed by atoms with Crippen molar-refractivity contribution in [2.45, 2.75) is 33.9 Å². The molecule has 1 aromatic heterocycles. The molecule has 1 heterocycles. The standard InChI is InChI=1S/C8H11ClO4S3/c1-8(2,3)15(10,11)6-4-5-7(14-6)16(9,12)13/h4-5H,1-3H3. The smallest absolute Gasteiger partial charge is 0.222 e. The first-order valence-electron chi connectivity index (χ1n) is 4.25. The van der Waals surface area contributed by atoms with Gasteiger partial charge in [0, 0.05) is 10.7 Å². The number of halogens is 1. The third-order valence-corrected chi connectivity index (χ3v) is 8.03. The zero-order chi connectivity index (χ0) is 12.8. The fourth-order valence-electron chi connectivity index (χ4n) is 0.881. The molecule has 0 amide bonds. The van der Waals surface area contributed by atoms with E-state index in [1.165, 1.54) is 12.1 Å². The van der Waals surface area contributed by atoms with Gasteiger partial charge in [-0.05, 0) is 32.9 Å². The van der Waals surface area contributed by atoms with Crippen molar-refractivity contribution in [3.05, 3.63) is 12.1 Å². The van der Waals surface area contributed by atoms with E-state index in [0.717, 1.165) is 0 Å². The maximum Gasteiger partial charge on any atom is 0.270 e. The Morgan fingerprint density at radius 1 is 1.06 bits per heavy atom. The van der Waals surface area contributed by atoms with Crippen LogP contribution in [0.2, 0.25) is 0 Å². The van der Waals surface area contributed by atoms with Crippen LogP contribution in [-0.4, -0.2) is 21.6 Å². The van der Waals surface area contributed by atoms with E-state index in [9.17, 15) is 16.8 Å². The van der Waals surface area contributed by atoms with Crippen LogP contribution in [-0.2, 0) is 18.9 Å². The van der Waals surface area contributed by atoms with Crippen LogP contribution in [0.25, 0.3) is 0 Å². The van der Waals surface area contributed by atoms with Crippen molar-refractivity contribution in [3.63, 3.8) is 0 Å². The normalized spacial score (nSPS) is 14.0. The molecule has 8 heteroatoms. The topological polar surface area (TPSA) is 68.3 Å². The lowest BCUT2D eigenvalue weighted by atomic mass is 10.3. The van der Waals surface area contributed by atoms with Crippen molar-refractivity contribution in [1.82, 2.24) is 0 Å². The predicted molar refractivity (Wildman–Crippen MR) is 64.3 cm³/mol. The Balaban J connectivity index is 3.35. The van der Waals surface area contributed by atoms with Gasteiger partial charge in [0.1, 0.15) is 8.42 Å². The Morgan fingerprint density at radius 2 is 1.50 bits per heavy atom. The lowest BCUT2D eigenvalue weighted by molar-refractivity contribution is 0.562. The van der Waals surface area contributed by atoms with Gasteiger partial charge in [0.15, 0.2) is 9.84 Å². The van der Waals surface area contributed by atoms with Gasteiger partial charge in [0.25, 0.3) is 9.05 Å². The van der Waals surface area contributed by atoms with Gasteiger partial charge in [0.05, 0.1) is 4.75 Å². The summed E-state index contributed by atoms with van der Waals surface area (Å²) < 4.78 is 44.8. The molecule has 1 rings (SSSR count). The molecule has 0 saturated heterocycles. The maximum atomic E-state index is 12.0. The highest BCUT2D eigenvalue weighted by atomic mass is 35.7. The molecular formula is C8H11ClO4S3. The largest absolute Gasteiger partial charge is 0.270 e. The number of thiophene rings is 1. The second kappa shape index (κ2) is 3.97. The first-order valence-corrected chi connectivity index (χ1v) is 8.86. The van der Waals surface area contributed by atoms with Crippen molar-refractivity contribution in [1.29, 1.82) is 0 Å². The molecule has 0 aliphatic heterocycles. The zero-order valence-electron chi connectivity index (χ0n) is 8.89. The Kier molecular flexibility index (Phi) is 3.46. The summed E-state index contributed by atoms with van der Waals surface area (Å²) >= 11 is 0.666. The summed E-state index contributed by atoms with van der Waals surface area (Å²) in [4.78, 5) is 0. The summed E-state index contributed by atoms with van der Waals surface area (Å²) in [6, 6.07) is 2.46. The minimum Gasteiger partial charge on any atom is -0.222 e. The Morgan fingerprint density at radius 3 is 1.81 bits per heavy atom. The third-order valence-electron chi connectivity index (χ3n) is 1.87. The summed E-state index contributed by atoms with van der Waals surface area (Å²) in [7, 11) is -2.26. The van der Waals surface area contributed by atoms with Gasteiger partial charge < -0.3 is 0 Å². The van der Waals surface area contributed by atoms with Gasteiger partial charge in [-0.15, -0.1) is 11.3 Å². The summed E-state index contributed by atoms with van der Waals surface area (Å²) in [5.74, 6) is 0. The van der Waals surface area contributed by atoms with E-state index in [1.54, 1.807) is 20.8 Å². The SMILES string of the molecule is CC(C)(C)S(=O)(=O)c1ccc(S(=O)(=O)Cl)s1. The zero-order valence-corrected chi connectivity index (χ0v) is 12.1. The molecular weight excluding hydrogens is 292 g/mol. The van der Waals surface area contributed by atoms with E-state index in [1.807, 2.05) is 0 Å². The second-order valence-corrected chi connectivity index (χ2v) is 10.9. The van der Waals surface area contributed by atoms with Crippen molar-refractivity contribution in [3.8, 4) is 0 Å². The van der Waals surface area contributed by atoms with E-state index >= 15 is 0 Å². The van der Waals surface area contributed by atoms with Gasteiger partial charge in [-0.25, -0.2) is 16.8 Å². The first-order chi connectivity index (χ1) is 6.96. The van der Waals surface area contributed by atoms with Gasteiger partial charge in [-0.2, -0.15) is 0 Å². The summed E-state index contributed by atoms with van der Waals surface area (Å²) in [6.45, 7) is 4.66. The second-order valence-electron chi connectivity index (χ2n) is 4.13. The fraction of sp³-hybridized carbons (Fsp3) is 0.500. The molecule has 0 radical (unpaired) electrons. The Bertz CT molecular complexity index is 589. The van der Waals surface area contributed by atoms with Crippen LogP contribution in [0.5, 0.6) is 0 Å². The quantitative estimate of drug-likeness (QED) is 0.786. The lowest BCUT2D eigenvalue weighted by Gasteiger charge is -2.17. The number of hydrogen-bond donors (Lipinski definition) is 0. The highest BCUT2D eigenvalue weighted by Gasteiger charge is 2.33. The highest BCUT2D eigenvalue weighted by Crippen LogP contribution is 2.33. The minimum absolute atomic E-state index is 0.0132. The van der Waals surface area contributed by atoms with Gasteiger partial charge in [-0.3, -0.25) is 0 Å². The molecule has 0 fully saturated rings. The van der Waals surface area contributed by atoms with Crippen molar-refractivity contribution in [2.24, 2.45) is 0 Å². The molecule has 0 aliphatic carbocycles. The van der Waals surface area contributed by atoms with Crippen molar-refractivity contribution < 1.29 is 16.8 Å². The van der Waals surface area contributed by atoms with E-state index < -0.39 is 23.6 Å². The first kappa shape index (κ1) is 14.0. The van der Waals surface area contributed by atoms with E-state index in [0.29, 0.717) is 11.3 Å². The highest BCUT2D eigenvalue weighted by molar-refractivity contribution is 8.15. The summed E-state index contributed by atoms with van der Waals surface area (Å²) in [5, 5.41) is 0. The predicted octanol–water partition coefficient (Wildman–Crippen LogP) is 2.25. The Labute approximate surface area is 104 Å². The van der Waals surface area contributed by atoms with Gasteiger partial charge in [0.2, 0.25) is 0 Å². The number of rotatable bonds is 2. The third kappa shape index (κ3) is 2.58. The maximum absolute atomic E-state index is 12.0. The van der Waals surface area contributed by atoms with E-state index in [2.05, 4.69) is 0 Å². The summed E-state index contributed by atoms with van der Waals surface area (Å²) in [6.07, 6.45) is 0. The molecule has 92 valence electrons. The van der Waals surface area contributed by atoms with Crippen LogP contribution >= 0.6 is 22.0 Å². The molecule has 0 atom stereocenters. The molecule has 0 N–H and O–H groups in total.